The molecule has 0 aliphatic heterocycles. The van der Waals surface area contributed by atoms with Crippen LogP contribution in [0.4, 0.5) is 5.69 Å². The Hall–Kier alpha value is -1.53. The van der Waals surface area contributed by atoms with Crippen molar-refractivity contribution in [1.29, 1.82) is 0 Å². The highest BCUT2D eigenvalue weighted by Gasteiger charge is 2.24. The first-order chi connectivity index (χ1) is 8.50. The first-order valence-electron chi connectivity index (χ1n) is 5.42. The van der Waals surface area contributed by atoms with Gasteiger partial charge < -0.3 is 11.1 Å². The lowest BCUT2D eigenvalue weighted by Gasteiger charge is -2.26. The van der Waals surface area contributed by atoms with E-state index in [1.807, 2.05) is 11.4 Å². The monoisotopic (exact) mass is 278 g/mol. The summed E-state index contributed by atoms with van der Waals surface area (Å²) in [6, 6.07) is 1.81. The number of thiocarbonyl (C=S) groups is 1. The number of aromatic nitrogens is 2. The van der Waals surface area contributed by atoms with Crippen LogP contribution in [0.3, 0.4) is 0 Å². The third-order valence-corrected chi connectivity index (χ3v) is 3.82. The fourth-order valence-corrected chi connectivity index (χ4v) is 2.53. The third-order valence-electron chi connectivity index (χ3n) is 2.50. The molecule has 2 aromatic rings. The van der Waals surface area contributed by atoms with E-state index in [0.29, 0.717) is 4.99 Å². The topological polar surface area (TPSA) is 63.8 Å². The molecule has 0 fully saturated rings. The Morgan fingerprint density at radius 3 is 2.83 bits per heavy atom. The van der Waals surface area contributed by atoms with Crippen molar-refractivity contribution in [3.63, 3.8) is 0 Å². The Morgan fingerprint density at radius 2 is 2.22 bits per heavy atom. The van der Waals surface area contributed by atoms with E-state index in [1.54, 1.807) is 29.9 Å². The number of pyridine rings is 1. The highest BCUT2D eigenvalue weighted by atomic mass is 32.1. The van der Waals surface area contributed by atoms with Crippen LogP contribution in [0, 0.1) is 0 Å². The second kappa shape index (κ2) is 4.99. The molecule has 0 radical (unpaired) electrons. The molecular formula is C12H14N4S2. The number of nitrogens with two attached hydrogens (primary N) is 1. The summed E-state index contributed by atoms with van der Waals surface area (Å²) in [6.07, 6.45) is 5.20. The zero-order valence-electron chi connectivity index (χ0n) is 10.2. The molecule has 0 saturated heterocycles. The van der Waals surface area contributed by atoms with E-state index in [4.69, 9.17) is 18.0 Å². The standard InChI is InChI=1S/C12H14N4S2/c1-12(2,11-15-5-6-18-11)16-9-7-14-4-3-8(9)10(13)17/h3-7,16H,1-2H3,(H2,13,17). The van der Waals surface area contributed by atoms with Crippen molar-refractivity contribution in [2.45, 2.75) is 19.4 Å². The third kappa shape index (κ3) is 2.65. The van der Waals surface area contributed by atoms with Crippen LogP contribution in [0.15, 0.2) is 30.0 Å². The molecule has 0 bridgehead atoms. The molecule has 4 nitrogen and oxygen atoms in total. The van der Waals surface area contributed by atoms with Crippen LogP contribution in [0.5, 0.6) is 0 Å². The van der Waals surface area contributed by atoms with Crippen molar-refractivity contribution >= 4 is 34.2 Å². The zero-order chi connectivity index (χ0) is 13.2. The largest absolute Gasteiger partial charge is 0.389 e. The maximum Gasteiger partial charge on any atom is 0.117 e. The average molecular weight is 278 g/mol. The Morgan fingerprint density at radius 1 is 1.44 bits per heavy atom. The van der Waals surface area contributed by atoms with Gasteiger partial charge in [0.1, 0.15) is 10.00 Å². The Bertz CT molecular complexity index is 549. The molecule has 0 amide bonds. The van der Waals surface area contributed by atoms with Crippen LogP contribution in [-0.2, 0) is 5.54 Å². The quantitative estimate of drug-likeness (QED) is 0.841. The molecule has 2 aromatic heterocycles. The van der Waals surface area contributed by atoms with Crippen molar-refractivity contribution in [3.05, 3.63) is 40.6 Å². The lowest BCUT2D eigenvalue weighted by Crippen LogP contribution is -2.29. The van der Waals surface area contributed by atoms with Gasteiger partial charge in [-0.05, 0) is 19.9 Å². The summed E-state index contributed by atoms with van der Waals surface area (Å²) in [5.74, 6) is 0. The molecule has 2 rings (SSSR count). The number of anilines is 1. The molecule has 0 aromatic carbocycles. The van der Waals surface area contributed by atoms with Gasteiger partial charge in [-0.3, -0.25) is 4.98 Å². The number of hydrogen-bond acceptors (Lipinski definition) is 5. The van der Waals surface area contributed by atoms with Gasteiger partial charge in [-0.25, -0.2) is 4.98 Å². The van der Waals surface area contributed by atoms with Crippen LogP contribution in [-0.4, -0.2) is 15.0 Å². The molecule has 18 heavy (non-hydrogen) atoms. The maximum absolute atomic E-state index is 5.70. The van der Waals surface area contributed by atoms with Crippen LogP contribution in [0.2, 0.25) is 0 Å². The predicted octanol–water partition coefficient (Wildman–Crippen LogP) is 2.52. The van der Waals surface area contributed by atoms with Crippen LogP contribution >= 0.6 is 23.6 Å². The van der Waals surface area contributed by atoms with E-state index in [9.17, 15) is 0 Å². The molecule has 0 unspecified atom stereocenters. The predicted molar refractivity (Wildman–Crippen MR) is 78.9 cm³/mol. The number of nitrogens with one attached hydrogen (secondary N) is 1. The molecule has 3 N–H and O–H groups in total. The second-order valence-corrected chi connectivity index (χ2v) is 5.71. The SMILES string of the molecule is CC(C)(Nc1cnccc1C(N)=S)c1nccs1. The van der Waals surface area contributed by atoms with Gasteiger partial charge in [0.2, 0.25) is 0 Å². The summed E-state index contributed by atoms with van der Waals surface area (Å²) in [5.41, 5.74) is 7.03. The van der Waals surface area contributed by atoms with Gasteiger partial charge >= 0.3 is 0 Å². The van der Waals surface area contributed by atoms with Gasteiger partial charge in [-0.2, -0.15) is 0 Å². The summed E-state index contributed by atoms with van der Waals surface area (Å²) in [4.78, 5) is 8.78. The number of thiazole rings is 1. The van der Waals surface area contributed by atoms with Crippen molar-refractivity contribution in [2.24, 2.45) is 5.73 Å². The summed E-state index contributed by atoms with van der Waals surface area (Å²) in [7, 11) is 0. The van der Waals surface area contributed by atoms with E-state index < -0.39 is 0 Å². The van der Waals surface area contributed by atoms with Crippen LogP contribution in [0.25, 0.3) is 0 Å². The maximum atomic E-state index is 5.70. The number of nitrogens with zero attached hydrogens (tertiary/aromatic N) is 2. The van der Waals surface area contributed by atoms with Gasteiger partial charge in [0.25, 0.3) is 0 Å². The molecule has 0 spiro atoms. The molecule has 94 valence electrons. The summed E-state index contributed by atoms with van der Waals surface area (Å²) in [6.45, 7) is 4.12. The van der Waals surface area contributed by atoms with E-state index in [0.717, 1.165) is 16.3 Å². The number of hydrogen-bond donors (Lipinski definition) is 2. The fraction of sp³-hybridized carbons (Fsp3) is 0.250. The normalized spacial score (nSPS) is 11.2. The Balaban J connectivity index is 2.32. The Kier molecular flexibility index (Phi) is 3.58. The molecular weight excluding hydrogens is 264 g/mol. The van der Waals surface area contributed by atoms with Gasteiger partial charge in [-0.15, -0.1) is 11.3 Å². The van der Waals surface area contributed by atoms with Gasteiger partial charge in [0.15, 0.2) is 0 Å². The zero-order valence-corrected chi connectivity index (χ0v) is 11.8. The minimum absolute atomic E-state index is 0.295. The summed E-state index contributed by atoms with van der Waals surface area (Å²) < 4.78 is 0. The molecule has 2 heterocycles. The second-order valence-electron chi connectivity index (χ2n) is 4.37. The average Bonchev–Trinajstić information content (AvgIpc) is 2.83. The first kappa shape index (κ1) is 12.9. The van der Waals surface area contributed by atoms with Gasteiger partial charge in [0, 0.05) is 23.3 Å². The van der Waals surface area contributed by atoms with E-state index in [-0.39, 0.29) is 5.54 Å². The van der Waals surface area contributed by atoms with Gasteiger partial charge in [0.05, 0.1) is 17.4 Å². The van der Waals surface area contributed by atoms with Crippen molar-refractivity contribution in [3.8, 4) is 0 Å². The molecule has 0 aliphatic carbocycles. The molecule has 0 atom stereocenters. The molecule has 0 saturated carbocycles. The molecule has 0 aliphatic rings. The van der Waals surface area contributed by atoms with E-state index in [1.165, 1.54) is 0 Å². The summed E-state index contributed by atoms with van der Waals surface area (Å²) >= 11 is 6.64. The minimum atomic E-state index is -0.295. The van der Waals surface area contributed by atoms with E-state index >= 15 is 0 Å². The highest BCUT2D eigenvalue weighted by Crippen LogP contribution is 2.28. The first-order valence-corrected chi connectivity index (χ1v) is 6.71. The van der Waals surface area contributed by atoms with Crippen molar-refractivity contribution in [1.82, 2.24) is 9.97 Å². The lowest BCUT2D eigenvalue weighted by atomic mass is 10.1. The lowest BCUT2D eigenvalue weighted by molar-refractivity contribution is 0.604. The Labute approximate surface area is 115 Å². The van der Waals surface area contributed by atoms with Crippen molar-refractivity contribution in [2.75, 3.05) is 5.32 Å². The minimum Gasteiger partial charge on any atom is -0.389 e. The van der Waals surface area contributed by atoms with E-state index in [2.05, 4.69) is 29.1 Å². The smallest absolute Gasteiger partial charge is 0.117 e. The summed E-state index contributed by atoms with van der Waals surface area (Å²) in [5, 5.41) is 6.34. The number of rotatable bonds is 4. The van der Waals surface area contributed by atoms with Crippen LogP contribution in [0.1, 0.15) is 24.4 Å². The van der Waals surface area contributed by atoms with Crippen LogP contribution < -0.4 is 11.1 Å². The fourth-order valence-electron chi connectivity index (χ4n) is 1.63. The molecule has 6 heteroatoms. The highest BCUT2D eigenvalue weighted by molar-refractivity contribution is 7.80. The van der Waals surface area contributed by atoms with Crippen molar-refractivity contribution < 1.29 is 0 Å². The van der Waals surface area contributed by atoms with Gasteiger partial charge in [-0.1, -0.05) is 12.2 Å².